The predicted octanol–water partition coefficient (Wildman–Crippen LogP) is 7.30. The summed E-state index contributed by atoms with van der Waals surface area (Å²) in [7, 11) is -1.19. The summed E-state index contributed by atoms with van der Waals surface area (Å²) in [6.07, 6.45) is 20.4. The fourth-order valence-electron chi connectivity index (χ4n) is 4.09. The van der Waals surface area contributed by atoms with E-state index < -0.39 is 23.0 Å². The second-order valence-electron chi connectivity index (χ2n) is 9.40. The van der Waals surface area contributed by atoms with E-state index in [0.29, 0.717) is 0 Å². The Balaban J connectivity index is 3.88. The Labute approximate surface area is 191 Å². The zero-order valence-corrected chi connectivity index (χ0v) is 21.6. The van der Waals surface area contributed by atoms with Crippen LogP contribution in [-0.2, 0) is 10.8 Å². The molecule has 0 fully saturated rings. The van der Waals surface area contributed by atoms with Gasteiger partial charge in [-0.3, -0.25) is 4.21 Å². The van der Waals surface area contributed by atoms with Crippen LogP contribution < -0.4 is 0 Å². The third-order valence-electron chi connectivity index (χ3n) is 6.52. The van der Waals surface area contributed by atoms with E-state index in [9.17, 15) is 14.4 Å². The molecule has 0 heterocycles. The molecule has 0 amide bonds. The summed E-state index contributed by atoms with van der Waals surface area (Å²) in [6.45, 7) is 8.24. The topological polar surface area (TPSA) is 57.5 Å². The van der Waals surface area contributed by atoms with Crippen LogP contribution in [0.25, 0.3) is 0 Å². The summed E-state index contributed by atoms with van der Waals surface area (Å²) in [5, 5.41) is 20.4. The van der Waals surface area contributed by atoms with Crippen molar-refractivity contribution in [3.8, 4) is 0 Å². The molecule has 4 unspecified atom stereocenters. The van der Waals surface area contributed by atoms with Gasteiger partial charge in [0.15, 0.2) is 0 Å². The Morgan fingerprint density at radius 3 is 1.10 bits per heavy atom. The van der Waals surface area contributed by atoms with Gasteiger partial charge in [0.1, 0.15) is 0 Å². The highest BCUT2D eigenvalue weighted by Crippen LogP contribution is 2.19. The summed E-state index contributed by atoms with van der Waals surface area (Å²) in [6, 6.07) is 0. The van der Waals surface area contributed by atoms with Gasteiger partial charge in [-0.1, -0.05) is 117 Å². The molecule has 0 bridgehead atoms. The molecule has 0 aliphatic carbocycles. The van der Waals surface area contributed by atoms with Gasteiger partial charge in [0.2, 0.25) is 0 Å². The molecule has 0 aliphatic heterocycles. The first-order valence-corrected chi connectivity index (χ1v) is 14.5. The van der Waals surface area contributed by atoms with Crippen molar-refractivity contribution in [2.75, 3.05) is 0 Å². The highest BCUT2D eigenvalue weighted by atomic mass is 32.2. The van der Waals surface area contributed by atoms with Crippen molar-refractivity contribution < 1.29 is 14.4 Å². The molecule has 0 aliphatic rings. The average molecular weight is 447 g/mol. The third-order valence-corrected chi connectivity index (χ3v) is 8.62. The standard InChI is InChI=1S/C26H54O3S/c1-5-7-9-11-13-15-17-19-21-25(27)23(3)30(29)24(4)26(28)22-20-18-16-14-12-10-8-6-2/h23-28H,5-22H2,1-4H3. The van der Waals surface area contributed by atoms with Crippen molar-refractivity contribution in [3.05, 3.63) is 0 Å². The van der Waals surface area contributed by atoms with E-state index in [1.165, 1.54) is 77.0 Å². The summed E-state index contributed by atoms with van der Waals surface area (Å²) in [5.74, 6) is 0. The van der Waals surface area contributed by atoms with E-state index in [1.807, 2.05) is 13.8 Å². The van der Waals surface area contributed by atoms with Gasteiger partial charge in [0.05, 0.1) is 22.7 Å². The lowest BCUT2D eigenvalue weighted by Gasteiger charge is -2.25. The molecule has 182 valence electrons. The van der Waals surface area contributed by atoms with Gasteiger partial charge >= 0.3 is 0 Å². The van der Waals surface area contributed by atoms with E-state index in [2.05, 4.69) is 13.8 Å². The lowest BCUT2D eigenvalue weighted by Crippen LogP contribution is -2.37. The van der Waals surface area contributed by atoms with Gasteiger partial charge in [-0.25, -0.2) is 0 Å². The van der Waals surface area contributed by atoms with Crippen LogP contribution in [0.3, 0.4) is 0 Å². The van der Waals surface area contributed by atoms with E-state index in [-0.39, 0.29) is 10.5 Å². The zero-order chi connectivity index (χ0) is 22.6. The molecule has 0 aromatic carbocycles. The molecule has 0 saturated carbocycles. The molecule has 0 saturated heterocycles. The minimum Gasteiger partial charge on any atom is -0.392 e. The van der Waals surface area contributed by atoms with Crippen molar-refractivity contribution in [3.63, 3.8) is 0 Å². The fraction of sp³-hybridized carbons (Fsp3) is 1.00. The quantitative estimate of drug-likeness (QED) is 0.172. The number of hydrogen-bond acceptors (Lipinski definition) is 3. The Bertz CT molecular complexity index is 354. The van der Waals surface area contributed by atoms with Crippen LogP contribution in [0.5, 0.6) is 0 Å². The fourth-order valence-corrected chi connectivity index (χ4v) is 5.66. The zero-order valence-electron chi connectivity index (χ0n) is 20.7. The number of hydrogen-bond donors (Lipinski definition) is 2. The first-order chi connectivity index (χ1) is 14.5. The van der Waals surface area contributed by atoms with E-state index in [0.717, 1.165) is 38.5 Å². The van der Waals surface area contributed by atoms with Crippen LogP contribution in [0.1, 0.15) is 143 Å². The van der Waals surface area contributed by atoms with Crippen molar-refractivity contribution in [1.29, 1.82) is 0 Å². The van der Waals surface area contributed by atoms with Crippen LogP contribution in [0.15, 0.2) is 0 Å². The van der Waals surface area contributed by atoms with Crippen molar-refractivity contribution in [2.24, 2.45) is 0 Å². The Hall–Kier alpha value is 0.0700. The number of aliphatic hydroxyl groups excluding tert-OH is 2. The largest absolute Gasteiger partial charge is 0.392 e. The molecule has 0 radical (unpaired) electrons. The maximum absolute atomic E-state index is 12.8. The van der Waals surface area contributed by atoms with Crippen molar-refractivity contribution in [1.82, 2.24) is 0 Å². The Kier molecular flexibility index (Phi) is 21.0. The molecular weight excluding hydrogens is 392 g/mol. The van der Waals surface area contributed by atoms with E-state index in [1.54, 1.807) is 0 Å². The van der Waals surface area contributed by atoms with Gasteiger partial charge in [-0.05, 0) is 26.7 Å². The summed E-state index contributed by atoms with van der Waals surface area (Å²) in [4.78, 5) is 0. The monoisotopic (exact) mass is 446 g/mol. The van der Waals surface area contributed by atoms with Gasteiger partial charge in [0, 0.05) is 10.8 Å². The first kappa shape index (κ1) is 30.1. The molecule has 0 rings (SSSR count). The summed E-state index contributed by atoms with van der Waals surface area (Å²) < 4.78 is 12.8. The predicted molar refractivity (Wildman–Crippen MR) is 134 cm³/mol. The van der Waals surface area contributed by atoms with Gasteiger partial charge in [-0.2, -0.15) is 0 Å². The van der Waals surface area contributed by atoms with E-state index >= 15 is 0 Å². The minimum atomic E-state index is -1.19. The molecular formula is C26H54O3S. The smallest absolute Gasteiger partial charge is 0.0681 e. The highest BCUT2D eigenvalue weighted by molar-refractivity contribution is 7.86. The molecule has 4 atom stereocenters. The van der Waals surface area contributed by atoms with Gasteiger partial charge in [-0.15, -0.1) is 0 Å². The van der Waals surface area contributed by atoms with Crippen LogP contribution >= 0.6 is 0 Å². The van der Waals surface area contributed by atoms with Crippen LogP contribution in [0.2, 0.25) is 0 Å². The maximum Gasteiger partial charge on any atom is 0.0681 e. The van der Waals surface area contributed by atoms with Crippen LogP contribution in [-0.4, -0.2) is 37.1 Å². The average Bonchev–Trinajstić information content (AvgIpc) is 2.75. The summed E-state index contributed by atoms with van der Waals surface area (Å²) in [5.41, 5.74) is 0. The number of aliphatic hydroxyl groups is 2. The number of rotatable bonds is 22. The lowest BCUT2D eigenvalue weighted by molar-refractivity contribution is 0.151. The lowest BCUT2D eigenvalue weighted by atomic mass is 10.0. The normalized spacial score (nSPS) is 16.9. The van der Waals surface area contributed by atoms with Gasteiger partial charge < -0.3 is 10.2 Å². The summed E-state index contributed by atoms with van der Waals surface area (Å²) >= 11 is 0. The molecule has 2 N–H and O–H groups in total. The van der Waals surface area contributed by atoms with Crippen molar-refractivity contribution >= 4 is 10.8 Å². The SMILES string of the molecule is CCCCCCCCCCC(O)C(C)S(=O)C(C)C(O)CCCCCCCCCC. The molecule has 30 heavy (non-hydrogen) atoms. The molecule has 4 heteroatoms. The first-order valence-electron chi connectivity index (χ1n) is 13.2. The Morgan fingerprint density at radius 2 is 0.800 bits per heavy atom. The molecule has 0 aromatic heterocycles. The van der Waals surface area contributed by atoms with Crippen LogP contribution in [0, 0.1) is 0 Å². The molecule has 3 nitrogen and oxygen atoms in total. The highest BCUT2D eigenvalue weighted by Gasteiger charge is 2.28. The van der Waals surface area contributed by atoms with Gasteiger partial charge in [0.25, 0.3) is 0 Å². The Morgan fingerprint density at radius 1 is 0.533 bits per heavy atom. The molecule has 0 aromatic rings. The maximum atomic E-state index is 12.8. The number of unbranched alkanes of at least 4 members (excludes halogenated alkanes) is 14. The minimum absolute atomic E-state index is 0.266. The van der Waals surface area contributed by atoms with Crippen molar-refractivity contribution in [2.45, 2.75) is 166 Å². The van der Waals surface area contributed by atoms with Crippen LogP contribution in [0.4, 0.5) is 0 Å². The second kappa shape index (κ2) is 20.9. The van der Waals surface area contributed by atoms with E-state index in [4.69, 9.17) is 0 Å². The molecule has 0 spiro atoms. The second-order valence-corrected chi connectivity index (χ2v) is 11.5. The third kappa shape index (κ3) is 15.8.